The Bertz CT molecular complexity index is 437. The van der Waals surface area contributed by atoms with Crippen molar-refractivity contribution < 1.29 is 18.7 Å². The van der Waals surface area contributed by atoms with Crippen molar-refractivity contribution in [2.45, 2.75) is 18.9 Å². The van der Waals surface area contributed by atoms with E-state index in [1.165, 1.54) is 12.1 Å². The number of hydrogen-bond acceptors (Lipinski definition) is 2. The number of nitrogens with one attached hydrogen (secondary N) is 1. The first kappa shape index (κ1) is 12.0. The SMILES string of the molecule is O=C(O)C1CC(Cc2ccc(F)c(F)c2)CN1. The van der Waals surface area contributed by atoms with E-state index in [1.807, 2.05) is 0 Å². The Kier molecular flexibility index (Phi) is 3.38. The van der Waals surface area contributed by atoms with E-state index < -0.39 is 23.6 Å². The van der Waals surface area contributed by atoms with Gasteiger partial charge in [0.2, 0.25) is 0 Å². The van der Waals surface area contributed by atoms with Gasteiger partial charge in [-0.2, -0.15) is 0 Å². The van der Waals surface area contributed by atoms with Crippen molar-refractivity contribution in [1.29, 1.82) is 0 Å². The van der Waals surface area contributed by atoms with Crippen molar-refractivity contribution in [3.05, 3.63) is 35.4 Å². The third kappa shape index (κ3) is 2.79. The molecule has 1 aliphatic heterocycles. The van der Waals surface area contributed by atoms with Crippen molar-refractivity contribution in [2.24, 2.45) is 5.92 Å². The van der Waals surface area contributed by atoms with Crippen molar-refractivity contribution in [3.8, 4) is 0 Å². The summed E-state index contributed by atoms with van der Waals surface area (Å²) in [5.74, 6) is -2.43. The number of carboxylic acid groups (broad SMARTS) is 1. The highest BCUT2D eigenvalue weighted by molar-refractivity contribution is 5.73. The average molecular weight is 241 g/mol. The Labute approximate surface area is 97.5 Å². The topological polar surface area (TPSA) is 49.3 Å². The highest BCUT2D eigenvalue weighted by Gasteiger charge is 2.29. The zero-order chi connectivity index (χ0) is 12.4. The largest absolute Gasteiger partial charge is 0.480 e. The Balaban J connectivity index is 1.98. The molecule has 2 N–H and O–H groups in total. The highest BCUT2D eigenvalue weighted by Crippen LogP contribution is 2.20. The van der Waals surface area contributed by atoms with Gasteiger partial charge in [-0.05, 0) is 43.0 Å². The Morgan fingerprint density at radius 1 is 1.41 bits per heavy atom. The van der Waals surface area contributed by atoms with Gasteiger partial charge in [-0.25, -0.2) is 8.78 Å². The van der Waals surface area contributed by atoms with Gasteiger partial charge in [0, 0.05) is 0 Å². The minimum atomic E-state index is -0.863. The summed E-state index contributed by atoms with van der Waals surface area (Å²) in [5.41, 5.74) is 0.696. The van der Waals surface area contributed by atoms with Gasteiger partial charge >= 0.3 is 5.97 Å². The lowest BCUT2D eigenvalue weighted by molar-refractivity contribution is -0.139. The molecule has 1 heterocycles. The van der Waals surface area contributed by atoms with E-state index in [9.17, 15) is 13.6 Å². The van der Waals surface area contributed by atoms with E-state index in [-0.39, 0.29) is 5.92 Å². The molecular formula is C12H13F2NO2. The van der Waals surface area contributed by atoms with Gasteiger partial charge in [0.25, 0.3) is 0 Å². The first-order valence-corrected chi connectivity index (χ1v) is 5.46. The Morgan fingerprint density at radius 2 is 2.18 bits per heavy atom. The molecule has 1 fully saturated rings. The lowest BCUT2D eigenvalue weighted by Crippen LogP contribution is -2.29. The second kappa shape index (κ2) is 4.79. The monoisotopic (exact) mass is 241 g/mol. The van der Waals surface area contributed by atoms with E-state index in [2.05, 4.69) is 5.32 Å². The third-order valence-corrected chi connectivity index (χ3v) is 3.03. The van der Waals surface area contributed by atoms with Crippen molar-refractivity contribution in [1.82, 2.24) is 5.32 Å². The maximum Gasteiger partial charge on any atom is 0.320 e. The first-order chi connectivity index (χ1) is 8.06. The standard InChI is InChI=1S/C12H13F2NO2/c13-9-2-1-7(4-10(9)14)3-8-5-11(12(16)17)15-6-8/h1-2,4,8,11,15H,3,5-6H2,(H,16,17). The lowest BCUT2D eigenvalue weighted by atomic mass is 9.96. The molecule has 0 aliphatic carbocycles. The summed E-state index contributed by atoms with van der Waals surface area (Å²) in [6.07, 6.45) is 1.09. The van der Waals surface area contributed by atoms with Crippen LogP contribution in [0, 0.1) is 17.6 Å². The molecule has 5 heteroatoms. The number of hydrogen-bond donors (Lipinski definition) is 2. The number of carboxylic acids is 1. The van der Waals surface area contributed by atoms with Gasteiger partial charge in [-0.15, -0.1) is 0 Å². The lowest BCUT2D eigenvalue weighted by Gasteiger charge is -2.08. The molecule has 0 amide bonds. The molecule has 3 nitrogen and oxygen atoms in total. The van der Waals surface area contributed by atoms with Crippen LogP contribution < -0.4 is 5.32 Å². The molecule has 17 heavy (non-hydrogen) atoms. The summed E-state index contributed by atoms with van der Waals surface area (Å²) in [4.78, 5) is 10.7. The van der Waals surface area contributed by atoms with Crippen LogP contribution >= 0.6 is 0 Å². The number of benzene rings is 1. The van der Waals surface area contributed by atoms with E-state index in [1.54, 1.807) is 0 Å². The Morgan fingerprint density at radius 3 is 2.76 bits per heavy atom. The smallest absolute Gasteiger partial charge is 0.320 e. The summed E-state index contributed by atoms with van der Waals surface area (Å²) < 4.78 is 25.7. The predicted octanol–water partition coefficient (Wildman–Crippen LogP) is 1.57. The van der Waals surface area contributed by atoms with E-state index in [4.69, 9.17) is 5.11 Å². The summed E-state index contributed by atoms with van der Waals surface area (Å²) in [7, 11) is 0. The fraction of sp³-hybridized carbons (Fsp3) is 0.417. The van der Waals surface area contributed by atoms with Gasteiger partial charge in [-0.3, -0.25) is 4.79 Å². The molecule has 0 radical (unpaired) electrons. The molecule has 2 atom stereocenters. The zero-order valence-electron chi connectivity index (χ0n) is 9.12. The van der Waals surface area contributed by atoms with Crippen LogP contribution in [0.25, 0.3) is 0 Å². The second-order valence-electron chi connectivity index (χ2n) is 4.35. The molecule has 0 saturated carbocycles. The normalized spacial score (nSPS) is 23.9. The van der Waals surface area contributed by atoms with E-state index >= 15 is 0 Å². The molecular weight excluding hydrogens is 228 g/mol. The summed E-state index contributed by atoms with van der Waals surface area (Å²) >= 11 is 0. The Hall–Kier alpha value is -1.49. The maximum absolute atomic E-state index is 13.0. The summed E-state index contributed by atoms with van der Waals surface area (Å²) in [6.45, 7) is 0.593. The van der Waals surface area contributed by atoms with Crippen molar-refractivity contribution in [2.75, 3.05) is 6.54 Å². The third-order valence-electron chi connectivity index (χ3n) is 3.03. The molecule has 2 unspecified atom stereocenters. The van der Waals surface area contributed by atoms with Gasteiger partial charge in [-0.1, -0.05) is 6.07 Å². The second-order valence-corrected chi connectivity index (χ2v) is 4.35. The first-order valence-electron chi connectivity index (χ1n) is 5.46. The molecule has 1 aromatic carbocycles. The number of rotatable bonds is 3. The number of halogens is 2. The molecule has 2 rings (SSSR count). The van der Waals surface area contributed by atoms with Crippen molar-refractivity contribution >= 4 is 5.97 Å². The zero-order valence-corrected chi connectivity index (χ0v) is 9.12. The van der Waals surface area contributed by atoms with Crippen LogP contribution in [0.5, 0.6) is 0 Å². The van der Waals surface area contributed by atoms with Gasteiger partial charge in [0.15, 0.2) is 11.6 Å². The van der Waals surface area contributed by atoms with Crippen LogP contribution in [0.2, 0.25) is 0 Å². The van der Waals surface area contributed by atoms with Gasteiger partial charge in [0.05, 0.1) is 0 Å². The minimum absolute atomic E-state index is 0.154. The average Bonchev–Trinajstić information content (AvgIpc) is 2.72. The number of carbonyl (C=O) groups is 1. The van der Waals surface area contributed by atoms with E-state index in [0.29, 0.717) is 24.9 Å². The van der Waals surface area contributed by atoms with Crippen LogP contribution in [-0.4, -0.2) is 23.7 Å². The van der Waals surface area contributed by atoms with Gasteiger partial charge < -0.3 is 10.4 Å². The molecule has 0 spiro atoms. The molecule has 1 aromatic rings. The minimum Gasteiger partial charge on any atom is -0.480 e. The quantitative estimate of drug-likeness (QED) is 0.844. The van der Waals surface area contributed by atoms with Crippen LogP contribution in [0.4, 0.5) is 8.78 Å². The summed E-state index contributed by atoms with van der Waals surface area (Å²) in [6, 6.07) is 3.28. The molecule has 0 bridgehead atoms. The highest BCUT2D eigenvalue weighted by atomic mass is 19.2. The number of aliphatic carboxylic acids is 1. The van der Waals surface area contributed by atoms with Crippen LogP contribution in [0.15, 0.2) is 18.2 Å². The fourth-order valence-electron chi connectivity index (χ4n) is 2.15. The molecule has 1 saturated heterocycles. The van der Waals surface area contributed by atoms with Gasteiger partial charge in [0.1, 0.15) is 6.04 Å². The summed E-state index contributed by atoms with van der Waals surface area (Å²) in [5, 5.41) is 11.7. The van der Waals surface area contributed by atoms with Crippen LogP contribution in [0.1, 0.15) is 12.0 Å². The molecule has 92 valence electrons. The molecule has 1 aliphatic rings. The van der Waals surface area contributed by atoms with Crippen molar-refractivity contribution in [3.63, 3.8) is 0 Å². The predicted molar refractivity (Wildman–Crippen MR) is 57.6 cm³/mol. The van der Waals surface area contributed by atoms with E-state index in [0.717, 1.165) is 6.07 Å². The fourth-order valence-corrected chi connectivity index (χ4v) is 2.15. The van der Waals surface area contributed by atoms with Crippen LogP contribution in [0.3, 0.4) is 0 Å². The van der Waals surface area contributed by atoms with Crippen LogP contribution in [-0.2, 0) is 11.2 Å². The maximum atomic E-state index is 13.0. The molecule has 0 aromatic heterocycles.